The molecule has 20 heavy (non-hydrogen) atoms. The largest absolute Gasteiger partial charge is 0.477 e. The summed E-state index contributed by atoms with van der Waals surface area (Å²) in [6.07, 6.45) is 2.71. The van der Waals surface area contributed by atoms with Gasteiger partial charge in [-0.2, -0.15) is 5.10 Å². The maximum Gasteiger partial charge on any atom is 0.354 e. The van der Waals surface area contributed by atoms with Gasteiger partial charge < -0.3 is 10.1 Å². The van der Waals surface area contributed by atoms with Gasteiger partial charge in [0.15, 0.2) is 0 Å². The summed E-state index contributed by atoms with van der Waals surface area (Å²) in [5.41, 5.74) is 2.86. The number of carboxylic acid groups (broad SMARTS) is 1. The molecule has 0 radical (unpaired) electrons. The summed E-state index contributed by atoms with van der Waals surface area (Å²) in [5.74, 6) is -0.947. The van der Waals surface area contributed by atoms with Crippen LogP contribution < -0.4 is 0 Å². The van der Waals surface area contributed by atoms with Gasteiger partial charge in [0.2, 0.25) is 0 Å². The highest BCUT2D eigenvalue weighted by atomic mass is 16.4. The highest BCUT2D eigenvalue weighted by Gasteiger charge is 2.16. The van der Waals surface area contributed by atoms with E-state index in [0.717, 1.165) is 22.9 Å². The van der Waals surface area contributed by atoms with Crippen LogP contribution in [-0.2, 0) is 6.54 Å². The van der Waals surface area contributed by atoms with Crippen LogP contribution in [0.4, 0.5) is 0 Å². The number of para-hydroxylation sites is 1. The van der Waals surface area contributed by atoms with Crippen molar-refractivity contribution in [3.63, 3.8) is 0 Å². The molecule has 3 rings (SSSR count). The molecule has 2 heterocycles. The molecule has 0 saturated carbocycles. The number of H-pyrrole nitrogens is 1. The fourth-order valence-electron chi connectivity index (χ4n) is 2.39. The Hall–Kier alpha value is -2.56. The first-order valence-corrected chi connectivity index (χ1v) is 6.58. The lowest BCUT2D eigenvalue weighted by molar-refractivity contribution is 0.0683. The summed E-state index contributed by atoms with van der Waals surface area (Å²) in [6.45, 7) is 2.60. The normalized spacial score (nSPS) is 11.1. The number of aromatic carboxylic acids is 1. The molecule has 1 aromatic carbocycles. The Morgan fingerprint density at radius 3 is 2.95 bits per heavy atom. The van der Waals surface area contributed by atoms with E-state index in [1.165, 1.54) is 0 Å². The molecule has 102 valence electrons. The Morgan fingerprint density at radius 2 is 2.20 bits per heavy atom. The van der Waals surface area contributed by atoms with E-state index in [0.29, 0.717) is 12.2 Å². The number of carbonyl (C=O) groups is 1. The third-order valence-corrected chi connectivity index (χ3v) is 3.30. The number of aromatic amines is 1. The van der Waals surface area contributed by atoms with Crippen LogP contribution in [0.15, 0.2) is 36.5 Å². The van der Waals surface area contributed by atoms with E-state index in [1.54, 1.807) is 10.7 Å². The monoisotopic (exact) mass is 269 g/mol. The number of nitrogens with one attached hydrogen (secondary N) is 1. The van der Waals surface area contributed by atoms with Gasteiger partial charge in [-0.3, -0.25) is 4.68 Å². The van der Waals surface area contributed by atoms with Crippen LogP contribution in [0.2, 0.25) is 0 Å². The van der Waals surface area contributed by atoms with E-state index in [9.17, 15) is 9.90 Å². The lowest BCUT2D eigenvalue weighted by Gasteiger charge is -2.00. The van der Waals surface area contributed by atoms with Crippen LogP contribution in [0, 0.1) is 0 Å². The van der Waals surface area contributed by atoms with Crippen molar-refractivity contribution in [2.24, 2.45) is 0 Å². The van der Waals surface area contributed by atoms with Gasteiger partial charge in [-0.15, -0.1) is 0 Å². The Kier molecular flexibility index (Phi) is 3.02. The molecule has 2 aromatic heterocycles. The first kappa shape index (κ1) is 12.5. The standard InChI is InChI=1S/C15H15N3O2/c1-2-7-18-14(15(19)20)8-13(17-18)11-9-16-12-6-4-3-5-10(11)12/h3-6,8-9,16H,2,7H2,1H3,(H,19,20). The molecule has 3 aromatic rings. The molecular weight excluding hydrogens is 254 g/mol. The van der Waals surface area contributed by atoms with Gasteiger partial charge in [0.1, 0.15) is 5.69 Å². The van der Waals surface area contributed by atoms with Gasteiger partial charge in [-0.05, 0) is 18.6 Å². The topological polar surface area (TPSA) is 70.9 Å². The van der Waals surface area contributed by atoms with Gasteiger partial charge in [0, 0.05) is 29.2 Å². The van der Waals surface area contributed by atoms with Gasteiger partial charge in [0.25, 0.3) is 0 Å². The first-order chi connectivity index (χ1) is 9.70. The zero-order chi connectivity index (χ0) is 14.1. The van der Waals surface area contributed by atoms with Crippen molar-refractivity contribution in [2.45, 2.75) is 19.9 Å². The number of aryl methyl sites for hydroxylation is 1. The van der Waals surface area contributed by atoms with Crippen molar-refractivity contribution in [3.05, 3.63) is 42.2 Å². The van der Waals surface area contributed by atoms with Crippen LogP contribution in [0.3, 0.4) is 0 Å². The number of fused-ring (bicyclic) bond motifs is 1. The van der Waals surface area contributed by atoms with Gasteiger partial charge >= 0.3 is 5.97 Å². The van der Waals surface area contributed by atoms with Crippen molar-refractivity contribution >= 4 is 16.9 Å². The number of nitrogens with zero attached hydrogens (tertiary/aromatic N) is 2. The minimum Gasteiger partial charge on any atom is -0.477 e. The van der Waals surface area contributed by atoms with Gasteiger partial charge in [-0.25, -0.2) is 4.79 Å². The molecule has 0 spiro atoms. The smallest absolute Gasteiger partial charge is 0.354 e. The zero-order valence-corrected chi connectivity index (χ0v) is 11.1. The lowest BCUT2D eigenvalue weighted by atomic mass is 10.1. The highest BCUT2D eigenvalue weighted by molar-refractivity contribution is 5.96. The lowest BCUT2D eigenvalue weighted by Crippen LogP contribution is -2.09. The van der Waals surface area contributed by atoms with E-state index in [2.05, 4.69) is 10.1 Å². The fourth-order valence-corrected chi connectivity index (χ4v) is 2.39. The van der Waals surface area contributed by atoms with Crippen molar-refractivity contribution in [1.29, 1.82) is 0 Å². The third-order valence-electron chi connectivity index (χ3n) is 3.30. The van der Waals surface area contributed by atoms with Crippen LogP contribution in [0.25, 0.3) is 22.2 Å². The maximum absolute atomic E-state index is 11.3. The van der Waals surface area contributed by atoms with E-state index < -0.39 is 5.97 Å². The third kappa shape index (κ3) is 1.97. The average Bonchev–Trinajstić information content (AvgIpc) is 3.02. The van der Waals surface area contributed by atoms with Crippen molar-refractivity contribution in [3.8, 4) is 11.3 Å². The van der Waals surface area contributed by atoms with Crippen LogP contribution in [0.5, 0.6) is 0 Å². The second-order valence-electron chi connectivity index (χ2n) is 4.69. The molecule has 0 atom stereocenters. The van der Waals surface area contributed by atoms with Gasteiger partial charge in [-0.1, -0.05) is 25.1 Å². The van der Waals surface area contributed by atoms with Crippen LogP contribution in [0.1, 0.15) is 23.8 Å². The molecule has 5 heteroatoms. The van der Waals surface area contributed by atoms with Crippen LogP contribution >= 0.6 is 0 Å². The summed E-state index contributed by atoms with van der Waals surface area (Å²) in [4.78, 5) is 14.5. The molecule has 0 saturated heterocycles. The Balaban J connectivity index is 2.14. The van der Waals surface area contributed by atoms with Crippen molar-refractivity contribution < 1.29 is 9.90 Å². The number of aromatic nitrogens is 3. The molecule has 0 aliphatic carbocycles. The predicted octanol–water partition coefficient (Wildman–Crippen LogP) is 3.14. The molecule has 0 fully saturated rings. The summed E-state index contributed by atoms with van der Waals surface area (Å²) in [6, 6.07) is 9.54. The minimum atomic E-state index is -0.947. The van der Waals surface area contributed by atoms with Crippen molar-refractivity contribution in [2.75, 3.05) is 0 Å². The maximum atomic E-state index is 11.3. The molecule has 0 unspecified atom stereocenters. The average molecular weight is 269 g/mol. The molecule has 5 nitrogen and oxygen atoms in total. The van der Waals surface area contributed by atoms with Gasteiger partial charge in [0.05, 0.1) is 5.69 Å². The van der Waals surface area contributed by atoms with E-state index >= 15 is 0 Å². The number of carboxylic acids is 1. The molecule has 0 aliphatic heterocycles. The van der Waals surface area contributed by atoms with E-state index in [1.807, 2.05) is 37.4 Å². The SMILES string of the molecule is CCCn1nc(-c2c[nH]c3ccccc23)cc1C(=O)O. The Morgan fingerprint density at radius 1 is 1.40 bits per heavy atom. The summed E-state index contributed by atoms with van der Waals surface area (Å²) >= 11 is 0. The molecule has 0 bridgehead atoms. The predicted molar refractivity (Wildman–Crippen MR) is 76.8 cm³/mol. The first-order valence-electron chi connectivity index (χ1n) is 6.58. The molecular formula is C15H15N3O2. The molecule has 0 aliphatic rings. The highest BCUT2D eigenvalue weighted by Crippen LogP contribution is 2.28. The number of hydrogen-bond donors (Lipinski definition) is 2. The number of benzene rings is 1. The second-order valence-corrected chi connectivity index (χ2v) is 4.69. The number of hydrogen-bond acceptors (Lipinski definition) is 2. The quantitative estimate of drug-likeness (QED) is 0.764. The second kappa shape index (κ2) is 4.85. The molecule has 0 amide bonds. The van der Waals surface area contributed by atoms with E-state index in [4.69, 9.17) is 0 Å². The van der Waals surface area contributed by atoms with Crippen LogP contribution in [-0.4, -0.2) is 25.8 Å². The Labute approximate surface area is 115 Å². The Bertz CT molecular complexity index is 770. The molecule has 2 N–H and O–H groups in total. The summed E-state index contributed by atoms with van der Waals surface area (Å²) in [5, 5.41) is 14.7. The van der Waals surface area contributed by atoms with Crippen molar-refractivity contribution in [1.82, 2.24) is 14.8 Å². The zero-order valence-electron chi connectivity index (χ0n) is 11.1. The minimum absolute atomic E-state index is 0.229. The summed E-state index contributed by atoms with van der Waals surface area (Å²) in [7, 11) is 0. The fraction of sp³-hybridized carbons (Fsp3) is 0.200. The number of rotatable bonds is 4. The summed E-state index contributed by atoms with van der Waals surface area (Å²) < 4.78 is 1.56. The van der Waals surface area contributed by atoms with E-state index in [-0.39, 0.29) is 5.69 Å².